The zero-order chi connectivity index (χ0) is 20.0. The molecule has 0 aliphatic rings. The Morgan fingerprint density at radius 1 is 0.857 bits per heavy atom. The third kappa shape index (κ3) is 4.98. The van der Waals surface area contributed by atoms with E-state index in [0.717, 1.165) is 11.1 Å². The summed E-state index contributed by atoms with van der Waals surface area (Å²) < 4.78 is 26.0. The van der Waals surface area contributed by atoms with Crippen LogP contribution in [-0.4, -0.2) is 20.1 Å². The molecular formula is C22H22N2O3S. The molecular weight excluding hydrogens is 372 g/mol. The molecule has 3 aromatic carbocycles. The van der Waals surface area contributed by atoms with E-state index in [1.807, 2.05) is 60.7 Å². The molecule has 0 fully saturated rings. The van der Waals surface area contributed by atoms with Crippen LogP contribution in [0.3, 0.4) is 0 Å². The molecule has 1 amide bonds. The van der Waals surface area contributed by atoms with Crippen molar-refractivity contribution in [1.82, 2.24) is 5.32 Å². The van der Waals surface area contributed by atoms with Crippen LogP contribution in [0.25, 0.3) is 0 Å². The van der Waals surface area contributed by atoms with E-state index in [-0.39, 0.29) is 17.7 Å². The van der Waals surface area contributed by atoms with Crippen molar-refractivity contribution < 1.29 is 13.2 Å². The van der Waals surface area contributed by atoms with Crippen LogP contribution in [0.15, 0.2) is 84.9 Å². The summed E-state index contributed by atoms with van der Waals surface area (Å²) in [4.78, 5) is 12.9. The molecule has 0 aliphatic carbocycles. The number of sulfonamides is 1. The van der Waals surface area contributed by atoms with Gasteiger partial charge in [-0.2, -0.15) is 0 Å². The highest BCUT2D eigenvalue weighted by atomic mass is 32.2. The smallest absolute Gasteiger partial charge is 0.252 e. The van der Waals surface area contributed by atoms with Crippen molar-refractivity contribution in [2.24, 2.45) is 0 Å². The largest absolute Gasteiger partial charge is 0.341 e. The Balaban J connectivity index is 1.87. The summed E-state index contributed by atoms with van der Waals surface area (Å²) in [6.07, 6.45) is 0. The second kappa shape index (κ2) is 8.71. The number of anilines is 1. The van der Waals surface area contributed by atoms with Crippen molar-refractivity contribution in [2.45, 2.75) is 13.0 Å². The molecule has 2 N–H and O–H groups in total. The first-order valence-corrected chi connectivity index (χ1v) is 10.6. The molecule has 0 radical (unpaired) electrons. The van der Waals surface area contributed by atoms with Crippen molar-refractivity contribution in [1.29, 1.82) is 0 Å². The highest BCUT2D eigenvalue weighted by Crippen LogP contribution is 2.23. The lowest BCUT2D eigenvalue weighted by Crippen LogP contribution is -2.29. The number of carbonyl (C=O) groups excluding carboxylic acids is 1. The van der Waals surface area contributed by atoms with Gasteiger partial charge in [-0.05, 0) is 36.2 Å². The highest BCUT2D eigenvalue weighted by molar-refractivity contribution is 7.92. The molecule has 3 rings (SSSR count). The quantitative estimate of drug-likeness (QED) is 0.637. The van der Waals surface area contributed by atoms with Crippen molar-refractivity contribution in [3.8, 4) is 0 Å². The first-order valence-electron chi connectivity index (χ1n) is 9.00. The molecule has 0 bridgehead atoms. The second-order valence-corrected chi connectivity index (χ2v) is 8.33. The summed E-state index contributed by atoms with van der Waals surface area (Å²) in [6, 6.07) is 25.6. The van der Waals surface area contributed by atoms with Crippen LogP contribution in [0, 0.1) is 0 Å². The van der Waals surface area contributed by atoms with Gasteiger partial charge in [0.05, 0.1) is 11.8 Å². The minimum absolute atomic E-state index is 0.0342. The minimum Gasteiger partial charge on any atom is -0.341 e. The van der Waals surface area contributed by atoms with Crippen LogP contribution < -0.4 is 10.0 Å². The molecule has 6 heteroatoms. The van der Waals surface area contributed by atoms with E-state index in [0.29, 0.717) is 11.3 Å². The molecule has 0 aromatic heterocycles. The SMILES string of the molecule is CCS(=O)(=O)Nc1cccc(C(=O)NC(c2ccccc2)c2ccccc2)c1. The number of rotatable bonds is 7. The van der Waals surface area contributed by atoms with Crippen LogP contribution in [0.1, 0.15) is 34.5 Å². The number of nitrogens with one attached hydrogen (secondary N) is 2. The highest BCUT2D eigenvalue weighted by Gasteiger charge is 2.18. The topological polar surface area (TPSA) is 75.3 Å². The minimum atomic E-state index is -3.41. The second-order valence-electron chi connectivity index (χ2n) is 6.31. The maximum atomic E-state index is 12.9. The molecule has 28 heavy (non-hydrogen) atoms. The van der Waals surface area contributed by atoms with E-state index in [1.165, 1.54) is 6.07 Å². The van der Waals surface area contributed by atoms with Gasteiger partial charge >= 0.3 is 0 Å². The van der Waals surface area contributed by atoms with Gasteiger partial charge in [-0.1, -0.05) is 66.7 Å². The van der Waals surface area contributed by atoms with Gasteiger partial charge in [-0.15, -0.1) is 0 Å². The predicted octanol–water partition coefficient (Wildman–Crippen LogP) is 3.97. The first kappa shape index (κ1) is 19.6. The van der Waals surface area contributed by atoms with E-state index < -0.39 is 10.0 Å². The van der Waals surface area contributed by atoms with Gasteiger partial charge in [0.2, 0.25) is 10.0 Å². The molecule has 0 saturated carbocycles. The summed E-state index contributed by atoms with van der Waals surface area (Å²) in [6.45, 7) is 1.56. The van der Waals surface area contributed by atoms with Crippen LogP contribution in [0.4, 0.5) is 5.69 Å². The summed E-state index contributed by atoms with van der Waals surface area (Å²) in [7, 11) is -3.41. The van der Waals surface area contributed by atoms with Crippen LogP contribution >= 0.6 is 0 Å². The summed E-state index contributed by atoms with van der Waals surface area (Å²) in [5, 5.41) is 3.05. The Morgan fingerprint density at radius 3 is 1.96 bits per heavy atom. The average molecular weight is 394 g/mol. The van der Waals surface area contributed by atoms with E-state index >= 15 is 0 Å². The Hall–Kier alpha value is -3.12. The fraction of sp³-hybridized carbons (Fsp3) is 0.136. The Kier molecular flexibility index (Phi) is 6.11. The standard InChI is InChI=1S/C22H22N2O3S/c1-2-28(26,27)24-20-15-9-14-19(16-20)22(25)23-21(17-10-5-3-6-11-17)18-12-7-4-8-13-18/h3-16,21,24H,2H2,1H3,(H,23,25). The predicted molar refractivity (Wildman–Crippen MR) is 112 cm³/mol. The zero-order valence-corrected chi connectivity index (χ0v) is 16.3. The summed E-state index contributed by atoms with van der Waals surface area (Å²) >= 11 is 0. The first-order chi connectivity index (χ1) is 13.5. The van der Waals surface area contributed by atoms with Crippen molar-refractivity contribution >= 4 is 21.6 Å². The Labute approximate surface area is 165 Å². The van der Waals surface area contributed by atoms with Gasteiger partial charge in [0.1, 0.15) is 0 Å². The summed E-state index contributed by atoms with van der Waals surface area (Å²) in [5.41, 5.74) is 2.67. The monoisotopic (exact) mass is 394 g/mol. The summed E-state index contributed by atoms with van der Waals surface area (Å²) in [5.74, 6) is -0.316. The lowest BCUT2D eigenvalue weighted by atomic mass is 9.98. The normalized spacial score (nSPS) is 11.2. The van der Waals surface area contributed by atoms with Gasteiger partial charge in [-0.3, -0.25) is 9.52 Å². The van der Waals surface area contributed by atoms with Gasteiger partial charge in [0.15, 0.2) is 0 Å². The molecule has 3 aromatic rings. The van der Waals surface area contributed by atoms with Crippen molar-refractivity contribution in [3.63, 3.8) is 0 Å². The van der Waals surface area contributed by atoms with E-state index in [1.54, 1.807) is 25.1 Å². The molecule has 0 atom stereocenters. The maximum absolute atomic E-state index is 12.9. The van der Waals surface area contributed by atoms with Crippen molar-refractivity contribution in [3.05, 3.63) is 102 Å². The lowest BCUT2D eigenvalue weighted by molar-refractivity contribution is 0.0943. The van der Waals surface area contributed by atoms with Crippen LogP contribution in [-0.2, 0) is 10.0 Å². The molecule has 0 aliphatic heterocycles. The van der Waals surface area contributed by atoms with E-state index in [4.69, 9.17) is 0 Å². The van der Waals surface area contributed by atoms with Gasteiger partial charge in [0, 0.05) is 11.3 Å². The van der Waals surface area contributed by atoms with Crippen molar-refractivity contribution in [2.75, 3.05) is 10.5 Å². The zero-order valence-electron chi connectivity index (χ0n) is 15.5. The number of hydrogen-bond acceptors (Lipinski definition) is 3. The van der Waals surface area contributed by atoms with E-state index in [9.17, 15) is 13.2 Å². The average Bonchev–Trinajstić information content (AvgIpc) is 2.73. The van der Waals surface area contributed by atoms with Gasteiger partial charge < -0.3 is 5.32 Å². The maximum Gasteiger partial charge on any atom is 0.252 e. The van der Waals surface area contributed by atoms with E-state index in [2.05, 4.69) is 10.0 Å². The third-order valence-corrected chi connectivity index (χ3v) is 5.63. The Bertz CT molecular complexity index is 996. The van der Waals surface area contributed by atoms with Crippen LogP contribution in [0.2, 0.25) is 0 Å². The number of carbonyl (C=O) groups is 1. The molecule has 144 valence electrons. The molecule has 5 nitrogen and oxygen atoms in total. The van der Waals surface area contributed by atoms with Gasteiger partial charge in [0.25, 0.3) is 5.91 Å². The fourth-order valence-electron chi connectivity index (χ4n) is 2.84. The Morgan fingerprint density at radius 2 is 1.43 bits per heavy atom. The molecule has 0 spiro atoms. The molecule has 0 unspecified atom stereocenters. The van der Waals surface area contributed by atoms with Crippen LogP contribution in [0.5, 0.6) is 0 Å². The molecule has 0 saturated heterocycles. The van der Waals surface area contributed by atoms with Gasteiger partial charge in [-0.25, -0.2) is 8.42 Å². The number of hydrogen-bond donors (Lipinski definition) is 2. The fourth-order valence-corrected chi connectivity index (χ4v) is 3.47. The third-order valence-electron chi connectivity index (χ3n) is 4.32. The number of benzene rings is 3. The lowest BCUT2D eigenvalue weighted by Gasteiger charge is -2.20. The number of amides is 1. The molecule has 0 heterocycles.